The number of nitrogens with zero attached hydrogens (tertiary/aromatic N) is 2. The van der Waals surface area contributed by atoms with E-state index in [9.17, 15) is 9.59 Å². The van der Waals surface area contributed by atoms with E-state index in [2.05, 4.69) is 0 Å². The Hall–Kier alpha value is -1.56. The van der Waals surface area contributed by atoms with Crippen molar-refractivity contribution in [1.82, 2.24) is 9.13 Å². The zero-order valence-corrected chi connectivity index (χ0v) is 9.18. The first-order valence-electron chi connectivity index (χ1n) is 5.23. The van der Waals surface area contributed by atoms with Crippen LogP contribution in [-0.4, -0.2) is 22.3 Å². The fraction of sp³-hybridized carbons (Fsp3) is 0.600. The van der Waals surface area contributed by atoms with Crippen LogP contribution in [0.2, 0.25) is 0 Å². The third-order valence-corrected chi connectivity index (χ3v) is 2.82. The van der Waals surface area contributed by atoms with Gasteiger partial charge in [0, 0.05) is 32.3 Å². The second-order valence-corrected chi connectivity index (χ2v) is 4.12. The fourth-order valence-corrected chi connectivity index (χ4v) is 1.90. The molecule has 1 unspecified atom stereocenters. The maximum absolute atomic E-state index is 11.8. The lowest BCUT2D eigenvalue weighted by atomic mass is 10.1. The number of rotatable bonds is 2. The minimum absolute atomic E-state index is 0.0982. The van der Waals surface area contributed by atoms with E-state index in [1.165, 1.54) is 15.3 Å². The lowest BCUT2D eigenvalue weighted by Gasteiger charge is -2.11. The second-order valence-electron chi connectivity index (χ2n) is 4.12. The lowest BCUT2D eigenvalue weighted by Crippen LogP contribution is -2.41. The van der Waals surface area contributed by atoms with Gasteiger partial charge in [0.2, 0.25) is 0 Å². The van der Waals surface area contributed by atoms with E-state index in [0.717, 1.165) is 6.42 Å². The van der Waals surface area contributed by atoms with Crippen molar-refractivity contribution in [2.24, 2.45) is 13.0 Å². The standard InChI is InChI=1S/C10H15N3O3/c1-12-5-8(11)9(14)13(10(12)15)4-7-2-3-16-6-7/h5,7H,2-4,6,11H2,1H3. The van der Waals surface area contributed by atoms with Crippen LogP contribution in [0.15, 0.2) is 15.8 Å². The summed E-state index contributed by atoms with van der Waals surface area (Å²) in [6, 6.07) is 0. The zero-order chi connectivity index (χ0) is 11.7. The minimum atomic E-state index is -0.407. The van der Waals surface area contributed by atoms with Crippen LogP contribution in [0.5, 0.6) is 0 Å². The Morgan fingerprint density at radius 2 is 2.31 bits per heavy atom. The van der Waals surface area contributed by atoms with Gasteiger partial charge in [-0.15, -0.1) is 0 Å². The molecule has 2 rings (SSSR count). The van der Waals surface area contributed by atoms with Crippen molar-refractivity contribution in [2.45, 2.75) is 13.0 Å². The molecule has 1 aliphatic heterocycles. The van der Waals surface area contributed by atoms with E-state index in [1.807, 2.05) is 0 Å². The number of nitrogen functional groups attached to an aromatic ring is 1. The first-order chi connectivity index (χ1) is 7.59. The van der Waals surface area contributed by atoms with Gasteiger partial charge < -0.3 is 15.0 Å². The molecule has 2 heterocycles. The minimum Gasteiger partial charge on any atom is -0.393 e. The largest absolute Gasteiger partial charge is 0.393 e. The van der Waals surface area contributed by atoms with Crippen LogP contribution in [-0.2, 0) is 18.3 Å². The third kappa shape index (κ3) is 1.88. The second kappa shape index (κ2) is 4.13. The highest BCUT2D eigenvalue weighted by Gasteiger charge is 2.18. The molecule has 0 aliphatic carbocycles. The van der Waals surface area contributed by atoms with Crippen molar-refractivity contribution in [3.05, 3.63) is 27.0 Å². The smallest absolute Gasteiger partial charge is 0.330 e. The molecule has 1 aromatic heterocycles. The van der Waals surface area contributed by atoms with E-state index < -0.39 is 5.56 Å². The van der Waals surface area contributed by atoms with Gasteiger partial charge in [-0.05, 0) is 6.42 Å². The molecule has 0 aromatic carbocycles. The third-order valence-electron chi connectivity index (χ3n) is 2.82. The van der Waals surface area contributed by atoms with Gasteiger partial charge in [0.25, 0.3) is 5.56 Å². The maximum Gasteiger partial charge on any atom is 0.330 e. The van der Waals surface area contributed by atoms with Crippen LogP contribution in [0.25, 0.3) is 0 Å². The number of hydrogen-bond acceptors (Lipinski definition) is 4. The molecule has 0 amide bonds. The molecule has 0 saturated carbocycles. The highest BCUT2D eigenvalue weighted by Crippen LogP contribution is 2.12. The number of aromatic nitrogens is 2. The monoisotopic (exact) mass is 225 g/mol. The molecule has 1 aliphatic rings. The number of nitrogens with two attached hydrogens (primary N) is 1. The van der Waals surface area contributed by atoms with Crippen molar-refractivity contribution < 1.29 is 4.74 Å². The first-order valence-corrected chi connectivity index (χ1v) is 5.23. The molecule has 0 bridgehead atoms. The van der Waals surface area contributed by atoms with Crippen molar-refractivity contribution in [1.29, 1.82) is 0 Å². The summed E-state index contributed by atoms with van der Waals surface area (Å²) in [6.45, 7) is 1.68. The summed E-state index contributed by atoms with van der Waals surface area (Å²) in [4.78, 5) is 23.5. The summed E-state index contributed by atoms with van der Waals surface area (Å²) in [5.74, 6) is 0.229. The highest BCUT2D eigenvalue weighted by atomic mass is 16.5. The Bertz CT molecular complexity index is 463. The van der Waals surface area contributed by atoms with Crippen LogP contribution < -0.4 is 17.0 Å². The quantitative estimate of drug-likeness (QED) is 0.712. The highest BCUT2D eigenvalue weighted by molar-refractivity contribution is 5.30. The van der Waals surface area contributed by atoms with Gasteiger partial charge >= 0.3 is 5.69 Å². The summed E-state index contributed by atoms with van der Waals surface area (Å²) in [5.41, 5.74) is 4.90. The average Bonchev–Trinajstić information content (AvgIpc) is 2.74. The van der Waals surface area contributed by atoms with E-state index in [0.29, 0.717) is 19.8 Å². The van der Waals surface area contributed by atoms with E-state index in [4.69, 9.17) is 10.5 Å². The van der Waals surface area contributed by atoms with Gasteiger partial charge in [0.15, 0.2) is 0 Å². The lowest BCUT2D eigenvalue weighted by molar-refractivity contribution is 0.181. The average molecular weight is 225 g/mol. The molecule has 16 heavy (non-hydrogen) atoms. The maximum atomic E-state index is 11.8. The van der Waals surface area contributed by atoms with Gasteiger partial charge in [-0.25, -0.2) is 4.79 Å². The summed E-state index contributed by atoms with van der Waals surface area (Å²) in [7, 11) is 1.58. The van der Waals surface area contributed by atoms with Crippen molar-refractivity contribution in [2.75, 3.05) is 18.9 Å². The topological polar surface area (TPSA) is 79.2 Å². The molecule has 0 spiro atoms. The molecule has 0 radical (unpaired) electrons. The molecule has 6 nitrogen and oxygen atoms in total. The summed E-state index contributed by atoms with van der Waals surface area (Å²) >= 11 is 0. The number of anilines is 1. The van der Waals surface area contributed by atoms with Crippen LogP contribution in [0, 0.1) is 5.92 Å². The molecule has 1 fully saturated rings. The Balaban J connectivity index is 2.39. The number of hydrogen-bond donors (Lipinski definition) is 1. The van der Waals surface area contributed by atoms with Crippen LogP contribution >= 0.6 is 0 Å². The summed E-state index contributed by atoms with van der Waals surface area (Å²) < 4.78 is 7.73. The van der Waals surface area contributed by atoms with Gasteiger partial charge in [-0.1, -0.05) is 0 Å². The van der Waals surface area contributed by atoms with Gasteiger partial charge in [0.1, 0.15) is 5.69 Å². The van der Waals surface area contributed by atoms with Crippen molar-refractivity contribution >= 4 is 5.69 Å². The predicted molar refractivity (Wildman–Crippen MR) is 59.3 cm³/mol. The normalized spacial score (nSPS) is 20.2. The zero-order valence-electron chi connectivity index (χ0n) is 9.18. The number of ether oxygens (including phenoxy) is 1. The summed E-state index contributed by atoms with van der Waals surface area (Å²) in [6.07, 6.45) is 2.23. The SMILES string of the molecule is Cn1cc(N)c(=O)n(CC2CCOC2)c1=O. The van der Waals surface area contributed by atoms with E-state index in [1.54, 1.807) is 7.05 Å². The molecular weight excluding hydrogens is 210 g/mol. The molecule has 1 aromatic rings. The van der Waals surface area contributed by atoms with Gasteiger partial charge in [-0.2, -0.15) is 0 Å². The molecule has 2 N–H and O–H groups in total. The molecule has 6 heteroatoms. The molecular formula is C10H15N3O3. The number of aryl methyl sites for hydroxylation is 1. The Kier molecular flexibility index (Phi) is 2.82. The first kappa shape index (κ1) is 10.9. The van der Waals surface area contributed by atoms with Crippen LogP contribution in [0.1, 0.15) is 6.42 Å². The van der Waals surface area contributed by atoms with Gasteiger partial charge in [-0.3, -0.25) is 9.36 Å². The van der Waals surface area contributed by atoms with Crippen LogP contribution in [0.4, 0.5) is 5.69 Å². The Morgan fingerprint density at radius 1 is 1.56 bits per heavy atom. The Labute approximate surface area is 92.3 Å². The fourth-order valence-electron chi connectivity index (χ4n) is 1.90. The van der Waals surface area contributed by atoms with Crippen molar-refractivity contribution in [3.8, 4) is 0 Å². The molecule has 1 atom stereocenters. The predicted octanol–water partition coefficient (Wildman–Crippen LogP) is -0.834. The van der Waals surface area contributed by atoms with Crippen molar-refractivity contribution in [3.63, 3.8) is 0 Å². The van der Waals surface area contributed by atoms with Gasteiger partial charge in [0.05, 0.1) is 6.61 Å². The summed E-state index contributed by atoms with van der Waals surface area (Å²) in [5, 5.41) is 0. The van der Waals surface area contributed by atoms with E-state index in [-0.39, 0.29) is 17.3 Å². The molecule has 88 valence electrons. The van der Waals surface area contributed by atoms with Crippen LogP contribution in [0.3, 0.4) is 0 Å². The Morgan fingerprint density at radius 3 is 2.94 bits per heavy atom. The molecule has 1 saturated heterocycles. The van der Waals surface area contributed by atoms with E-state index >= 15 is 0 Å².